The van der Waals surface area contributed by atoms with Crippen molar-refractivity contribution in [2.45, 2.75) is 12.8 Å². The van der Waals surface area contributed by atoms with Crippen molar-refractivity contribution >= 4 is 23.8 Å². The average molecular weight is 262 g/mol. The van der Waals surface area contributed by atoms with Crippen molar-refractivity contribution in [2.75, 3.05) is 30.4 Å². The van der Waals surface area contributed by atoms with Crippen LogP contribution in [-0.4, -0.2) is 32.6 Å². The van der Waals surface area contributed by atoms with E-state index in [9.17, 15) is 9.59 Å². The Bertz CT molecular complexity index is 437. The van der Waals surface area contributed by atoms with Crippen molar-refractivity contribution in [1.29, 1.82) is 0 Å². The minimum Gasteiger partial charge on any atom is -0.469 e. The lowest BCUT2D eigenvalue weighted by Crippen LogP contribution is -2.36. The van der Waals surface area contributed by atoms with Crippen LogP contribution in [0.3, 0.4) is 0 Å². The first-order valence-corrected chi connectivity index (χ1v) is 6.37. The van der Waals surface area contributed by atoms with Crippen LogP contribution in [-0.2, 0) is 14.3 Å². The molecule has 0 atom stereocenters. The molecule has 1 heterocycles. The lowest BCUT2D eigenvalue weighted by atomic mass is 9.96. The van der Waals surface area contributed by atoms with E-state index in [4.69, 9.17) is 4.74 Å². The van der Waals surface area contributed by atoms with Crippen LogP contribution >= 0.6 is 0 Å². The van der Waals surface area contributed by atoms with E-state index in [1.807, 2.05) is 24.3 Å². The number of rotatable bonds is 4. The Morgan fingerprint density at radius 2 is 1.95 bits per heavy atom. The highest BCUT2D eigenvalue weighted by molar-refractivity contribution is 5.73. The Balaban J connectivity index is 1.93. The highest BCUT2D eigenvalue weighted by Crippen LogP contribution is 2.25. The Labute approximate surface area is 112 Å². The van der Waals surface area contributed by atoms with Gasteiger partial charge in [0.15, 0.2) is 0 Å². The van der Waals surface area contributed by atoms with Gasteiger partial charge in [-0.2, -0.15) is 0 Å². The van der Waals surface area contributed by atoms with Crippen LogP contribution in [0.25, 0.3) is 0 Å². The molecule has 102 valence electrons. The number of benzene rings is 1. The number of nitrogens with one attached hydrogen (secondary N) is 1. The summed E-state index contributed by atoms with van der Waals surface area (Å²) in [6, 6.07) is 7.70. The maximum Gasteiger partial charge on any atom is 0.308 e. The fourth-order valence-electron chi connectivity index (χ4n) is 2.38. The molecule has 0 bridgehead atoms. The summed E-state index contributed by atoms with van der Waals surface area (Å²) in [4.78, 5) is 24.0. The molecule has 1 aromatic rings. The van der Waals surface area contributed by atoms with Crippen LogP contribution in [0.2, 0.25) is 0 Å². The van der Waals surface area contributed by atoms with Crippen LogP contribution in [0.5, 0.6) is 0 Å². The molecule has 0 saturated carbocycles. The number of ether oxygens (including phenoxy) is 1. The summed E-state index contributed by atoms with van der Waals surface area (Å²) in [7, 11) is 1.44. The predicted octanol–water partition coefficient (Wildman–Crippen LogP) is 1.64. The molecule has 19 heavy (non-hydrogen) atoms. The third-order valence-electron chi connectivity index (χ3n) is 3.49. The largest absolute Gasteiger partial charge is 0.469 e. The molecule has 0 spiro atoms. The van der Waals surface area contributed by atoms with Crippen LogP contribution in [0.15, 0.2) is 24.3 Å². The van der Waals surface area contributed by atoms with Crippen molar-refractivity contribution in [3.8, 4) is 0 Å². The SMILES string of the molecule is COC(=O)C1CCN(c2ccc(NC=O)cc2)CC1. The number of esters is 1. The Morgan fingerprint density at radius 3 is 2.47 bits per heavy atom. The zero-order valence-corrected chi connectivity index (χ0v) is 11.0. The molecule has 0 radical (unpaired) electrons. The minimum atomic E-state index is -0.106. The number of piperidine rings is 1. The number of hydrogen-bond donors (Lipinski definition) is 1. The molecule has 1 aromatic carbocycles. The van der Waals surface area contributed by atoms with Crippen molar-refractivity contribution < 1.29 is 14.3 Å². The van der Waals surface area contributed by atoms with Crippen LogP contribution in [0.1, 0.15) is 12.8 Å². The van der Waals surface area contributed by atoms with Crippen LogP contribution in [0.4, 0.5) is 11.4 Å². The number of hydrogen-bond acceptors (Lipinski definition) is 4. The van der Waals surface area contributed by atoms with E-state index >= 15 is 0 Å². The first kappa shape index (κ1) is 13.4. The molecule has 5 nitrogen and oxygen atoms in total. The van der Waals surface area contributed by atoms with E-state index < -0.39 is 0 Å². The molecule has 1 amide bonds. The molecule has 0 aliphatic carbocycles. The summed E-state index contributed by atoms with van der Waals surface area (Å²) in [5.41, 5.74) is 1.89. The number of carbonyl (C=O) groups is 2. The predicted molar refractivity (Wildman–Crippen MR) is 73.1 cm³/mol. The van der Waals surface area contributed by atoms with Gasteiger partial charge < -0.3 is 15.0 Å². The number of amides is 1. The fourth-order valence-corrected chi connectivity index (χ4v) is 2.38. The monoisotopic (exact) mass is 262 g/mol. The minimum absolute atomic E-state index is 0.0252. The van der Waals surface area contributed by atoms with Crippen molar-refractivity contribution in [3.05, 3.63) is 24.3 Å². The molecule has 2 rings (SSSR count). The summed E-state index contributed by atoms with van der Waals surface area (Å²) in [5, 5.41) is 2.61. The molecule has 1 aliphatic heterocycles. The first-order chi connectivity index (χ1) is 9.24. The number of carbonyl (C=O) groups excluding carboxylic acids is 2. The number of nitrogens with zero attached hydrogens (tertiary/aromatic N) is 1. The van der Waals surface area contributed by atoms with Gasteiger partial charge in [0.2, 0.25) is 6.41 Å². The summed E-state index contributed by atoms with van der Waals surface area (Å²) in [6.07, 6.45) is 2.30. The summed E-state index contributed by atoms with van der Waals surface area (Å²) in [6.45, 7) is 1.69. The van der Waals surface area contributed by atoms with Gasteiger partial charge in [0.1, 0.15) is 0 Å². The molecule has 0 unspecified atom stereocenters. The van der Waals surface area contributed by atoms with Crippen molar-refractivity contribution in [1.82, 2.24) is 0 Å². The molecular formula is C14H18N2O3. The maximum atomic E-state index is 11.4. The third kappa shape index (κ3) is 3.24. The third-order valence-corrected chi connectivity index (χ3v) is 3.49. The molecule has 5 heteroatoms. The van der Waals surface area contributed by atoms with Gasteiger partial charge in [-0.15, -0.1) is 0 Å². The van der Waals surface area contributed by atoms with Crippen LogP contribution in [0, 0.1) is 5.92 Å². The quantitative estimate of drug-likeness (QED) is 0.662. The van der Waals surface area contributed by atoms with Gasteiger partial charge in [-0.3, -0.25) is 9.59 Å². The van der Waals surface area contributed by atoms with E-state index in [0.717, 1.165) is 37.3 Å². The average Bonchev–Trinajstić information content (AvgIpc) is 2.48. The molecule has 1 fully saturated rings. The number of anilines is 2. The van der Waals surface area contributed by atoms with Gasteiger partial charge in [0.05, 0.1) is 13.0 Å². The molecule has 0 aromatic heterocycles. The lowest BCUT2D eigenvalue weighted by molar-refractivity contribution is -0.146. The molecular weight excluding hydrogens is 244 g/mol. The number of methoxy groups -OCH3 is 1. The standard InChI is InChI=1S/C14H18N2O3/c1-19-14(18)11-6-8-16(9-7-11)13-4-2-12(3-5-13)15-10-17/h2-5,10-11H,6-9H2,1H3,(H,15,17). The lowest BCUT2D eigenvalue weighted by Gasteiger charge is -2.32. The van der Waals surface area contributed by atoms with E-state index in [0.29, 0.717) is 6.41 Å². The fraction of sp³-hybridized carbons (Fsp3) is 0.429. The second kappa shape index (κ2) is 6.22. The summed E-state index contributed by atoms with van der Waals surface area (Å²) >= 11 is 0. The Kier molecular flexibility index (Phi) is 4.39. The zero-order valence-electron chi connectivity index (χ0n) is 11.0. The van der Waals surface area contributed by atoms with Gasteiger partial charge in [0.25, 0.3) is 0 Å². The summed E-state index contributed by atoms with van der Waals surface area (Å²) < 4.78 is 4.77. The smallest absolute Gasteiger partial charge is 0.308 e. The van der Waals surface area contributed by atoms with Gasteiger partial charge >= 0.3 is 5.97 Å². The highest BCUT2D eigenvalue weighted by Gasteiger charge is 2.25. The maximum absolute atomic E-state index is 11.4. The highest BCUT2D eigenvalue weighted by atomic mass is 16.5. The normalized spacial score (nSPS) is 15.9. The van der Waals surface area contributed by atoms with Gasteiger partial charge in [-0.05, 0) is 37.1 Å². The molecule has 1 N–H and O–H groups in total. The zero-order chi connectivity index (χ0) is 13.7. The van der Waals surface area contributed by atoms with E-state index in [2.05, 4.69) is 10.2 Å². The van der Waals surface area contributed by atoms with Crippen molar-refractivity contribution in [3.63, 3.8) is 0 Å². The Hall–Kier alpha value is -2.04. The van der Waals surface area contributed by atoms with E-state index in [-0.39, 0.29) is 11.9 Å². The second-order valence-electron chi connectivity index (χ2n) is 4.59. The summed E-state index contributed by atoms with van der Waals surface area (Å²) in [5.74, 6) is -0.0811. The van der Waals surface area contributed by atoms with E-state index in [1.54, 1.807) is 0 Å². The topological polar surface area (TPSA) is 58.6 Å². The molecule has 1 saturated heterocycles. The van der Waals surface area contributed by atoms with Gasteiger partial charge in [-0.25, -0.2) is 0 Å². The van der Waals surface area contributed by atoms with Gasteiger partial charge in [-0.1, -0.05) is 0 Å². The first-order valence-electron chi connectivity index (χ1n) is 6.37. The second-order valence-corrected chi connectivity index (χ2v) is 4.59. The van der Waals surface area contributed by atoms with E-state index in [1.165, 1.54) is 7.11 Å². The molecule has 1 aliphatic rings. The van der Waals surface area contributed by atoms with Gasteiger partial charge in [0, 0.05) is 24.5 Å². The Morgan fingerprint density at radius 1 is 1.32 bits per heavy atom. The van der Waals surface area contributed by atoms with Crippen molar-refractivity contribution in [2.24, 2.45) is 5.92 Å². The van der Waals surface area contributed by atoms with Crippen LogP contribution < -0.4 is 10.2 Å².